The molecule has 3 heteroatoms. The molecule has 0 aliphatic carbocycles. The SMILES string of the molecule is CCCCCCCC(O)CCC/C=C/C=C/C=C/C=C/C(=O)O. The topological polar surface area (TPSA) is 57.5 Å². The lowest BCUT2D eigenvalue weighted by Crippen LogP contribution is -2.05. The predicted octanol–water partition coefficient (Wildman–Crippen LogP) is 5.19. The van der Waals surface area contributed by atoms with Gasteiger partial charge in [0.1, 0.15) is 0 Å². The molecule has 0 spiro atoms. The van der Waals surface area contributed by atoms with Gasteiger partial charge in [-0.15, -0.1) is 0 Å². The van der Waals surface area contributed by atoms with Gasteiger partial charge < -0.3 is 10.2 Å². The molecule has 1 atom stereocenters. The average Bonchev–Trinajstić information content (AvgIpc) is 2.52. The molecule has 0 aromatic carbocycles. The van der Waals surface area contributed by atoms with Crippen LogP contribution in [0.2, 0.25) is 0 Å². The standard InChI is InChI=1S/C20H32O3/c1-2-3-4-10-13-16-19(21)17-14-11-8-6-5-7-9-12-15-18-20(22)23/h5-9,12,15,18-19,21H,2-4,10-11,13-14,16-17H2,1H3,(H,22,23)/b7-5+,8-6+,12-9+,18-15+. The van der Waals surface area contributed by atoms with E-state index in [1.54, 1.807) is 12.2 Å². The molecule has 3 nitrogen and oxygen atoms in total. The molecule has 0 radical (unpaired) electrons. The summed E-state index contributed by atoms with van der Waals surface area (Å²) >= 11 is 0. The van der Waals surface area contributed by atoms with Crippen LogP contribution in [0.15, 0.2) is 48.6 Å². The number of aliphatic hydroxyl groups is 1. The Morgan fingerprint density at radius 3 is 2.17 bits per heavy atom. The Morgan fingerprint density at radius 2 is 1.48 bits per heavy atom. The molecular formula is C20H32O3. The fraction of sp³-hybridized carbons (Fsp3) is 0.550. The minimum Gasteiger partial charge on any atom is -0.478 e. The molecule has 0 bridgehead atoms. The summed E-state index contributed by atoms with van der Waals surface area (Å²) in [6.45, 7) is 2.21. The van der Waals surface area contributed by atoms with E-state index in [0.29, 0.717) is 0 Å². The van der Waals surface area contributed by atoms with Crippen LogP contribution in [0.4, 0.5) is 0 Å². The third-order valence-electron chi connectivity index (χ3n) is 3.48. The Bertz CT molecular complexity index is 392. The Labute approximate surface area is 141 Å². The highest BCUT2D eigenvalue weighted by Gasteiger charge is 2.02. The van der Waals surface area contributed by atoms with Crippen molar-refractivity contribution in [1.29, 1.82) is 0 Å². The predicted molar refractivity (Wildman–Crippen MR) is 97.4 cm³/mol. The molecular weight excluding hydrogens is 288 g/mol. The van der Waals surface area contributed by atoms with Gasteiger partial charge in [-0.25, -0.2) is 4.79 Å². The Kier molecular flexibility index (Phi) is 15.6. The van der Waals surface area contributed by atoms with Crippen LogP contribution in [0, 0.1) is 0 Å². The van der Waals surface area contributed by atoms with Gasteiger partial charge in [0.25, 0.3) is 0 Å². The molecule has 0 aromatic heterocycles. The molecule has 0 aliphatic rings. The van der Waals surface area contributed by atoms with Crippen LogP contribution in [0.25, 0.3) is 0 Å². The van der Waals surface area contributed by atoms with Crippen molar-refractivity contribution in [3.05, 3.63) is 48.6 Å². The van der Waals surface area contributed by atoms with Crippen molar-refractivity contribution in [1.82, 2.24) is 0 Å². The monoisotopic (exact) mass is 320 g/mol. The van der Waals surface area contributed by atoms with E-state index in [0.717, 1.165) is 38.2 Å². The molecule has 0 amide bonds. The molecule has 0 aromatic rings. The zero-order valence-corrected chi connectivity index (χ0v) is 14.4. The minimum atomic E-state index is -0.943. The summed E-state index contributed by atoms with van der Waals surface area (Å²) < 4.78 is 0. The maximum Gasteiger partial charge on any atom is 0.328 e. The highest BCUT2D eigenvalue weighted by Crippen LogP contribution is 2.11. The summed E-state index contributed by atoms with van der Waals surface area (Å²) in [5.41, 5.74) is 0. The number of carbonyl (C=O) groups is 1. The van der Waals surface area contributed by atoms with Crippen LogP contribution < -0.4 is 0 Å². The number of hydrogen-bond acceptors (Lipinski definition) is 2. The van der Waals surface area contributed by atoms with Gasteiger partial charge in [-0.1, -0.05) is 81.6 Å². The van der Waals surface area contributed by atoms with E-state index in [4.69, 9.17) is 5.11 Å². The Balaban J connectivity index is 3.53. The Hall–Kier alpha value is -1.61. The maximum absolute atomic E-state index is 10.2. The van der Waals surface area contributed by atoms with Crippen molar-refractivity contribution in [2.45, 2.75) is 70.8 Å². The summed E-state index contributed by atoms with van der Waals surface area (Å²) in [5, 5.41) is 18.3. The van der Waals surface area contributed by atoms with Gasteiger partial charge in [-0.3, -0.25) is 0 Å². The maximum atomic E-state index is 10.2. The second-order valence-electron chi connectivity index (χ2n) is 5.68. The van der Waals surface area contributed by atoms with Crippen molar-refractivity contribution >= 4 is 5.97 Å². The van der Waals surface area contributed by atoms with Crippen LogP contribution in [0.5, 0.6) is 0 Å². The average molecular weight is 320 g/mol. The molecule has 0 rings (SSSR count). The summed E-state index contributed by atoms with van der Waals surface area (Å²) in [4.78, 5) is 10.2. The zero-order valence-electron chi connectivity index (χ0n) is 14.4. The quantitative estimate of drug-likeness (QED) is 0.263. The normalized spacial score (nSPS) is 13.8. The van der Waals surface area contributed by atoms with Crippen LogP contribution in [0.1, 0.15) is 64.7 Å². The Morgan fingerprint density at radius 1 is 0.870 bits per heavy atom. The highest BCUT2D eigenvalue weighted by atomic mass is 16.4. The fourth-order valence-corrected chi connectivity index (χ4v) is 2.17. The molecule has 23 heavy (non-hydrogen) atoms. The van der Waals surface area contributed by atoms with Crippen LogP contribution >= 0.6 is 0 Å². The summed E-state index contributed by atoms with van der Waals surface area (Å²) in [6.07, 6.45) is 23.8. The number of aliphatic carboxylic acids is 1. The first kappa shape index (κ1) is 21.4. The largest absolute Gasteiger partial charge is 0.478 e. The van der Waals surface area contributed by atoms with Crippen molar-refractivity contribution in [2.75, 3.05) is 0 Å². The first-order valence-corrected chi connectivity index (χ1v) is 8.74. The number of carboxylic acid groups (broad SMARTS) is 1. The van der Waals surface area contributed by atoms with E-state index >= 15 is 0 Å². The summed E-state index contributed by atoms with van der Waals surface area (Å²) in [7, 11) is 0. The second kappa shape index (κ2) is 16.8. The minimum absolute atomic E-state index is 0.149. The van der Waals surface area contributed by atoms with Crippen molar-refractivity contribution in [3.8, 4) is 0 Å². The van der Waals surface area contributed by atoms with E-state index in [-0.39, 0.29) is 6.10 Å². The number of unbranched alkanes of at least 4 members (excludes halogenated alkanes) is 5. The number of rotatable bonds is 14. The van der Waals surface area contributed by atoms with E-state index in [1.165, 1.54) is 31.8 Å². The smallest absolute Gasteiger partial charge is 0.328 e. The van der Waals surface area contributed by atoms with Crippen molar-refractivity contribution < 1.29 is 15.0 Å². The van der Waals surface area contributed by atoms with Gasteiger partial charge in [-0.2, -0.15) is 0 Å². The first-order valence-electron chi connectivity index (χ1n) is 8.74. The molecule has 0 saturated heterocycles. The van der Waals surface area contributed by atoms with Crippen molar-refractivity contribution in [3.63, 3.8) is 0 Å². The molecule has 0 heterocycles. The van der Waals surface area contributed by atoms with Crippen molar-refractivity contribution in [2.24, 2.45) is 0 Å². The summed E-state index contributed by atoms with van der Waals surface area (Å²) in [6, 6.07) is 0. The van der Waals surface area contributed by atoms with E-state index < -0.39 is 5.97 Å². The van der Waals surface area contributed by atoms with E-state index in [1.807, 2.05) is 18.2 Å². The van der Waals surface area contributed by atoms with E-state index in [2.05, 4.69) is 13.0 Å². The van der Waals surface area contributed by atoms with Gasteiger partial charge >= 0.3 is 5.97 Å². The molecule has 2 N–H and O–H groups in total. The molecule has 1 unspecified atom stereocenters. The van der Waals surface area contributed by atoms with E-state index in [9.17, 15) is 9.90 Å². The van der Waals surface area contributed by atoms with Gasteiger partial charge in [-0.05, 0) is 25.7 Å². The van der Waals surface area contributed by atoms with Gasteiger partial charge in [0.15, 0.2) is 0 Å². The number of hydrogen-bond donors (Lipinski definition) is 2. The lowest BCUT2D eigenvalue weighted by molar-refractivity contribution is -0.131. The fourth-order valence-electron chi connectivity index (χ4n) is 2.17. The van der Waals surface area contributed by atoms with Crippen LogP contribution in [-0.4, -0.2) is 22.3 Å². The molecule has 130 valence electrons. The third-order valence-corrected chi connectivity index (χ3v) is 3.48. The van der Waals surface area contributed by atoms with Gasteiger partial charge in [0, 0.05) is 6.08 Å². The van der Waals surface area contributed by atoms with Gasteiger partial charge in [0.05, 0.1) is 6.10 Å². The molecule has 0 saturated carbocycles. The number of carboxylic acids is 1. The summed E-state index contributed by atoms with van der Waals surface area (Å²) in [5.74, 6) is -0.943. The lowest BCUT2D eigenvalue weighted by Gasteiger charge is -2.09. The highest BCUT2D eigenvalue weighted by molar-refractivity contribution is 5.80. The zero-order chi connectivity index (χ0) is 17.2. The van der Waals surface area contributed by atoms with Crippen LogP contribution in [-0.2, 0) is 4.79 Å². The van der Waals surface area contributed by atoms with Gasteiger partial charge in [0.2, 0.25) is 0 Å². The lowest BCUT2D eigenvalue weighted by atomic mass is 10.0. The number of aliphatic hydroxyl groups excluding tert-OH is 1. The third kappa shape index (κ3) is 18.3. The number of allylic oxidation sites excluding steroid dienone is 7. The molecule has 0 fully saturated rings. The molecule has 0 aliphatic heterocycles. The first-order chi connectivity index (χ1) is 11.2. The van der Waals surface area contributed by atoms with Crippen LogP contribution in [0.3, 0.4) is 0 Å². The second-order valence-corrected chi connectivity index (χ2v) is 5.68.